The van der Waals surface area contributed by atoms with E-state index in [4.69, 9.17) is 16.3 Å². The molecule has 1 amide bonds. The molecule has 1 aliphatic rings. The van der Waals surface area contributed by atoms with Crippen molar-refractivity contribution < 1.29 is 26.4 Å². The highest BCUT2D eigenvalue weighted by atomic mass is 35.5. The molecule has 41 heavy (non-hydrogen) atoms. The highest BCUT2D eigenvalue weighted by molar-refractivity contribution is 7.93. The number of benzene rings is 4. The zero-order valence-electron chi connectivity index (χ0n) is 22.0. The van der Waals surface area contributed by atoms with E-state index in [1.54, 1.807) is 30.3 Å². The van der Waals surface area contributed by atoms with Crippen LogP contribution in [0, 0.1) is 13.8 Å². The van der Waals surface area contributed by atoms with E-state index >= 15 is 0 Å². The summed E-state index contributed by atoms with van der Waals surface area (Å²) in [7, 11) is -7.91. The topological polar surface area (TPSA) is 122 Å². The van der Waals surface area contributed by atoms with Gasteiger partial charge in [-0.25, -0.2) is 16.8 Å². The Labute approximate surface area is 243 Å². The lowest BCUT2D eigenvalue weighted by Gasteiger charge is -2.34. The second-order valence-corrected chi connectivity index (χ2v) is 13.5. The number of sulfonamides is 2. The fourth-order valence-electron chi connectivity index (χ4n) is 4.37. The number of amides is 1. The molecule has 0 fully saturated rings. The van der Waals surface area contributed by atoms with Crippen molar-refractivity contribution in [2.45, 2.75) is 29.7 Å². The molecule has 4 aromatic rings. The minimum absolute atomic E-state index is 0.0125. The van der Waals surface area contributed by atoms with E-state index in [1.165, 1.54) is 48.5 Å². The monoisotopic (exact) mass is 611 g/mol. The van der Waals surface area contributed by atoms with Crippen LogP contribution in [0.2, 0.25) is 5.02 Å². The van der Waals surface area contributed by atoms with E-state index in [1.807, 2.05) is 26.0 Å². The zero-order chi connectivity index (χ0) is 29.4. The number of aryl methyl sites for hydroxylation is 2. The summed E-state index contributed by atoms with van der Waals surface area (Å²) in [5, 5.41) is 3.08. The molecule has 1 atom stereocenters. The molecule has 212 valence electrons. The summed E-state index contributed by atoms with van der Waals surface area (Å²) < 4.78 is 62.4. The Kier molecular flexibility index (Phi) is 7.69. The molecule has 1 aliphatic heterocycles. The SMILES string of the molecule is Cc1ccc(NS(=O)(=O)c2ccc(NC(=O)[C@H]3CN(S(=O)(=O)c4ccc(Cl)cc4)c4ccccc4O3)cc2)c(C)c1. The Morgan fingerprint density at radius 1 is 0.878 bits per heavy atom. The molecular formula is C29H26ClN3O6S2. The van der Waals surface area contributed by atoms with E-state index in [0.29, 0.717) is 22.1 Å². The Morgan fingerprint density at radius 3 is 2.22 bits per heavy atom. The van der Waals surface area contributed by atoms with Crippen molar-refractivity contribution >= 4 is 54.6 Å². The van der Waals surface area contributed by atoms with Crippen molar-refractivity contribution in [1.29, 1.82) is 0 Å². The van der Waals surface area contributed by atoms with Gasteiger partial charge in [-0.3, -0.25) is 13.8 Å². The molecule has 4 aromatic carbocycles. The molecule has 0 unspecified atom stereocenters. The summed E-state index contributed by atoms with van der Waals surface area (Å²) in [5.74, 6) is -0.366. The molecule has 0 saturated carbocycles. The number of anilines is 3. The second-order valence-electron chi connectivity index (χ2n) is 9.50. The number of fused-ring (bicyclic) bond motifs is 1. The van der Waals surface area contributed by atoms with Crippen molar-refractivity contribution in [3.05, 3.63) is 107 Å². The summed E-state index contributed by atoms with van der Waals surface area (Å²) in [5.41, 5.74) is 2.90. The maximum atomic E-state index is 13.5. The summed E-state index contributed by atoms with van der Waals surface area (Å²) in [4.78, 5) is 13.2. The van der Waals surface area contributed by atoms with Crippen molar-refractivity contribution in [2.75, 3.05) is 20.9 Å². The van der Waals surface area contributed by atoms with Crippen LogP contribution in [0.15, 0.2) is 101 Å². The molecule has 0 spiro atoms. The fourth-order valence-corrected chi connectivity index (χ4v) is 7.10. The van der Waals surface area contributed by atoms with Crippen LogP contribution in [-0.2, 0) is 24.8 Å². The summed E-state index contributed by atoms with van der Waals surface area (Å²) in [6.45, 7) is 3.46. The van der Waals surface area contributed by atoms with Crippen molar-refractivity contribution in [3.8, 4) is 5.75 Å². The summed E-state index contributed by atoms with van der Waals surface area (Å²) in [6, 6.07) is 23.3. The van der Waals surface area contributed by atoms with Gasteiger partial charge in [0.25, 0.3) is 26.0 Å². The molecule has 5 rings (SSSR count). The number of carbonyl (C=O) groups is 1. The van der Waals surface area contributed by atoms with Gasteiger partial charge >= 0.3 is 0 Å². The molecule has 0 saturated heterocycles. The van der Waals surface area contributed by atoms with E-state index in [-0.39, 0.29) is 22.1 Å². The maximum absolute atomic E-state index is 13.5. The largest absolute Gasteiger partial charge is 0.476 e. The third-order valence-electron chi connectivity index (χ3n) is 6.49. The Hall–Kier alpha value is -4.06. The highest BCUT2D eigenvalue weighted by Crippen LogP contribution is 2.37. The first-order chi connectivity index (χ1) is 19.4. The molecule has 0 bridgehead atoms. The summed E-state index contributed by atoms with van der Waals surface area (Å²) >= 11 is 5.93. The molecule has 0 radical (unpaired) electrons. The molecule has 12 heteroatoms. The first-order valence-corrected chi connectivity index (χ1v) is 15.8. The third kappa shape index (κ3) is 6.02. The Morgan fingerprint density at radius 2 is 1.54 bits per heavy atom. The van der Waals surface area contributed by atoms with Crippen LogP contribution in [0.25, 0.3) is 0 Å². The minimum atomic E-state index is -4.04. The van der Waals surface area contributed by atoms with Gasteiger partial charge in [0.1, 0.15) is 5.75 Å². The highest BCUT2D eigenvalue weighted by Gasteiger charge is 2.37. The lowest BCUT2D eigenvalue weighted by Crippen LogP contribution is -2.48. The van der Waals surface area contributed by atoms with Gasteiger partial charge in [0.2, 0.25) is 0 Å². The number of halogens is 1. The number of rotatable bonds is 7. The van der Waals surface area contributed by atoms with Gasteiger partial charge in [-0.15, -0.1) is 0 Å². The Balaban J connectivity index is 1.34. The second kappa shape index (κ2) is 11.1. The average Bonchev–Trinajstić information content (AvgIpc) is 2.94. The van der Waals surface area contributed by atoms with Gasteiger partial charge in [-0.1, -0.05) is 41.4 Å². The van der Waals surface area contributed by atoms with Crippen LogP contribution in [0.4, 0.5) is 17.1 Å². The van der Waals surface area contributed by atoms with Crippen LogP contribution >= 0.6 is 11.6 Å². The van der Waals surface area contributed by atoms with Crippen LogP contribution < -0.4 is 19.1 Å². The van der Waals surface area contributed by atoms with Gasteiger partial charge in [0.15, 0.2) is 6.10 Å². The van der Waals surface area contributed by atoms with E-state index in [0.717, 1.165) is 15.4 Å². The lowest BCUT2D eigenvalue weighted by atomic mass is 10.1. The lowest BCUT2D eigenvalue weighted by molar-refractivity contribution is -0.122. The number of para-hydroxylation sites is 2. The Bertz CT molecular complexity index is 1830. The van der Waals surface area contributed by atoms with Gasteiger partial charge in [-0.05, 0) is 86.1 Å². The van der Waals surface area contributed by atoms with Crippen LogP contribution in [0.3, 0.4) is 0 Å². The summed E-state index contributed by atoms with van der Waals surface area (Å²) in [6.07, 6.45) is -1.18. The number of ether oxygens (including phenoxy) is 1. The number of hydrogen-bond acceptors (Lipinski definition) is 6. The normalized spacial score (nSPS) is 15.0. The van der Waals surface area contributed by atoms with E-state index < -0.39 is 32.1 Å². The van der Waals surface area contributed by atoms with Gasteiger partial charge in [-0.2, -0.15) is 0 Å². The number of hydrogen-bond donors (Lipinski definition) is 2. The molecule has 9 nitrogen and oxygen atoms in total. The quantitative estimate of drug-likeness (QED) is 0.290. The molecular weight excluding hydrogens is 586 g/mol. The molecule has 0 aliphatic carbocycles. The molecule has 2 N–H and O–H groups in total. The zero-order valence-corrected chi connectivity index (χ0v) is 24.4. The fraction of sp³-hybridized carbons (Fsp3) is 0.138. The number of nitrogens with one attached hydrogen (secondary N) is 2. The predicted molar refractivity (Wildman–Crippen MR) is 159 cm³/mol. The van der Waals surface area contributed by atoms with Gasteiger partial charge < -0.3 is 10.1 Å². The van der Waals surface area contributed by atoms with Gasteiger partial charge in [0, 0.05) is 10.7 Å². The predicted octanol–water partition coefficient (Wildman–Crippen LogP) is 5.35. The average molecular weight is 612 g/mol. The first kappa shape index (κ1) is 28.5. The van der Waals surface area contributed by atoms with Crippen molar-refractivity contribution in [3.63, 3.8) is 0 Å². The van der Waals surface area contributed by atoms with Crippen LogP contribution in [-0.4, -0.2) is 35.4 Å². The maximum Gasteiger partial charge on any atom is 0.267 e. The van der Waals surface area contributed by atoms with Crippen LogP contribution in [0.1, 0.15) is 11.1 Å². The minimum Gasteiger partial charge on any atom is -0.476 e. The number of carbonyl (C=O) groups excluding carboxylic acids is 1. The van der Waals surface area contributed by atoms with Crippen molar-refractivity contribution in [1.82, 2.24) is 0 Å². The van der Waals surface area contributed by atoms with Crippen molar-refractivity contribution in [2.24, 2.45) is 0 Å². The third-order valence-corrected chi connectivity index (χ3v) is 9.91. The number of nitrogens with zero attached hydrogens (tertiary/aromatic N) is 1. The van der Waals surface area contributed by atoms with E-state index in [9.17, 15) is 21.6 Å². The first-order valence-electron chi connectivity index (χ1n) is 12.5. The van der Waals surface area contributed by atoms with E-state index in [2.05, 4.69) is 10.0 Å². The standard InChI is InChI=1S/C29H26ClN3O6S2/c1-19-7-16-25(20(2)17-19)32-40(35,36)23-14-10-22(11-15-23)31-29(34)28-18-33(26-5-3-4-6-27(26)39-28)41(37,38)24-12-8-21(30)9-13-24/h3-17,28,32H,18H2,1-2H3,(H,31,34)/t28-/m1/s1. The van der Waals surface area contributed by atoms with Crippen LogP contribution in [0.5, 0.6) is 5.75 Å². The molecule has 1 heterocycles. The molecule has 0 aromatic heterocycles. The smallest absolute Gasteiger partial charge is 0.267 e. The van der Waals surface area contributed by atoms with Gasteiger partial charge in [0.05, 0.1) is 27.7 Å².